The number of hydrogen-bond acceptors (Lipinski definition) is 12. The summed E-state index contributed by atoms with van der Waals surface area (Å²) in [7, 11) is 2.33. The van der Waals surface area contributed by atoms with Gasteiger partial charge in [0.2, 0.25) is 0 Å². The van der Waals surface area contributed by atoms with Crippen LogP contribution in [0.2, 0.25) is 15.5 Å². The van der Waals surface area contributed by atoms with Crippen LogP contribution >= 0.6 is 34.8 Å². The highest BCUT2D eigenvalue weighted by atomic mass is 35.5. The van der Waals surface area contributed by atoms with Crippen molar-refractivity contribution in [2.24, 2.45) is 0 Å². The molecule has 4 rings (SSSR count). The van der Waals surface area contributed by atoms with Crippen molar-refractivity contribution >= 4 is 46.7 Å². The SMILES string of the molecule is COC(=O)C(C(=O)OC)c1nc(C)nc(Cl)c1C1OCCO1.Cc1nc(Cl)c(C2OCCO2)c(Cl)n1. The average Bonchev–Trinajstić information content (AvgIpc) is 3.53. The number of methoxy groups -OCH3 is 2. The lowest BCUT2D eigenvalue weighted by atomic mass is 10.0. The number of aromatic nitrogens is 4. The summed E-state index contributed by atoms with van der Waals surface area (Å²) in [6, 6.07) is 0. The second-order valence-electron chi connectivity index (χ2n) is 7.25. The van der Waals surface area contributed by atoms with Gasteiger partial charge in [0.05, 0.1) is 57.5 Å². The number of halogens is 3. The molecule has 2 fully saturated rings. The van der Waals surface area contributed by atoms with E-state index in [4.69, 9.17) is 53.8 Å². The summed E-state index contributed by atoms with van der Waals surface area (Å²) in [6.45, 7) is 5.08. The lowest BCUT2D eigenvalue weighted by molar-refractivity contribution is -0.154. The molecule has 36 heavy (non-hydrogen) atoms. The zero-order valence-corrected chi connectivity index (χ0v) is 22.0. The van der Waals surface area contributed by atoms with Crippen molar-refractivity contribution < 1.29 is 38.0 Å². The van der Waals surface area contributed by atoms with Gasteiger partial charge in [-0.15, -0.1) is 0 Å². The predicted molar refractivity (Wildman–Crippen MR) is 125 cm³/mol. The van der Waals surface area contributed by atoms with Crippen LogP contribution in [0.15, 0.2) is 0 Å². The van der Waals surface area contributed by atoms with Crippen LogP contribution in [0.4, 0.5) is 0 Å². The quantitative estimate of drug-likeness (QED) is 0.299. The molecule has 0 radical (unpaired) electrons. The van der Waals surface area contributed by atoms with Crippen molar-refractivity contribution in [1.82, 2.24) is 19.9 Å². The van der Waals surface area contributed by atoms with Gasteiger partial charge in [-0.2, -0.15) is 0 Å². The molecule has 12 nitrogen and oxygen atoms in total. The molecule has 15 heteroatoms. The summed E-state index contributed by atoms with van der Waals surface area (Å²) in [5.74, 6) is -2.21. The summed E-state index contributed by atoms with van der Waals surface area (Å²) in [5, 5.41) is 0.621. The van der Waals surface area contributed by atoms with E-state index in [9.17, 15) is 9.59 Å². The van der Waals surface area contributed by atoms with E-state index < -0.39 is 30.4 Å². The van der Waals surface area contributed by atoms with Crippen molar-refractivity contribution in [3.8, 4) is 0 Å². The van der Waals surface area contributed by atoms with Gasteiger partial charge in [0.25, 0.3) is 0 Å². The highest BCUT2D eigenvalue weighted by Gasteiger charge is 2.39. The largest absolute Gasteiger partial charge is 0.468 e. The first-order valence-electron chi connectivity index (χ1n) is 10.5. The number of carbonyl (C=O) groups excluding carboxylic acids is 2. The number of ether oxygens (including phenoxy) is 6. The van der Waals surface area contributed by atoms with Gasteiger partial charge in [-0.05, 0) is 13.8 Å². The number of hydrogen-bond donors (Lipinski definition) is 0. The Morgan fingerprint density at radius 3 is 1.50 bits per heavy atom. The van der Waals surface area contributed by atoms with Gasteiger partial charge < -0.3 is 28.4 Å². The van der Waals surface area contributed by atoms with Gasteiger partial charge in [0, 0.05) is 0 Å². The minimum absolute atomic E-state index is 0.0483. The third-order valence-electron chi connectivity index (χ3n) is 4.87. The molecule has 0 amide bonds. The van der Waals surface area contributed by atoms with Crippen LogP contribution in [0.25, 0.3) is 0 Å². The van der Waals surface area contributed by atoms with Gasteiger partial charge in [0.15, 0.2) is 18.5 Å². The molecule has 2 aromatic rings. The maximum atomic E-state index is 12.0. The van der Waals surface area contributed by atoms with Crippen LogP contribution in [0.5, 0.6) is 0 Å². The topological polar surface area (TPSA) is 141 Å². The Kier molecular flexibility index (Phi) is 10.1. The summed E-state index contributed by atoms with van der Waals surface area (Å²) >= 11 is 18.0. The molecule has 4 heterocycles. The molecular weight excluding hydrogens is 543 g/mol. The van der Waals surface area contributed by atoms with Gasteiger partial charge in [0.1, 0.15) is 27.1 Å². The zero-order valence-electron chi connectivity index (χ0n) is 19.7. The molecule has 196 valence electrons. The van der Waals surface area contributed by atoms with E-state index in [0.717, 1.165) is 14.2 Å². The lowest BCUT2D eigenvalue weighted by Gasteiger charge is -2.19. The van der Waals surface area contributed by atoms with Crippen molar-refractivity contribution in [1.29, 1.82) is 0 Å². The van der Waals surface area contributed by atoms with Crippen molar-refractivity contribution in [3.05, 3.63) is 43.9 Å². The number of esters is 2. The molecule has 0 unspecified atom stereocenters. The minimum Gasteiger partial charge on any atom is -0.468 e. The van der Waals surface area contributed by atoms with Gasteiger partial charge in [-0.1, -0.05) is 34.8 Å². The van der Waals surface area contributed by atoms with E-state index in [1.807, 2.05) is 0 Å². The van der Waals surface area contributed by atoms with Crippen LogP contribution in [-0.4, -0.2) is 72.5 Å². The Morgan fingerprint density at radius 2 is 1.08 bits per heavy atom. The molecule has 0 spiro atoms. The molecule has 0 aromatic carbocycles. The second-order valence-corrected chi connectivity index (χ2v) is 8.33. The molecule has 0 atom stereocenters. The fourth-order valence-electron chi connectivity index (χ4n) is 3.32. The number of carbonyl (C=O) groups is 2. The zero-order chi connectivity index (χ0) is 26.4. The standard InChI is InChI=1S/C13H15ClN2O6.C8H8Cl2N2O2/c1-6-15-9(8(11(17)19-2)12(18)20-3)7(10(14)16-6)13-21-4-5-22-13;1-4-11-6(9)5(7(10)12-4)8-13-2-3-14-8/h8,13H,4-5H2,1-3H3;8H,2-3H2,1H3. The Morgan fingerprint density at radius 1 is 0.722 bits per heavy atom. The molecule has 0 bridgehead atoms. The molecule has 2 saturated heterocycles. The first kappa shape index (κ1) is 28.4. The Bertz CT molecular complexity index is 1070. The number of aryl methyl sites for hydroxylation is 2. The van der Waals surface area contributed by atoms with E-state index >= 15 is 0 Å². The smallest absolute Gasteiger partial charge is 0.326 e. The van der Waals surface area contributed by atoms with Crippen LogP contribution < -0.4 is 0 Å². The highest BCUT2D eigenvalue weighted by Crippen LogP contribution is 2.35. The third-order valence-corrected chi connectivity index (χ3v) is 5.73. The van der Waals surface area contributed by atoms with Crippen molar-refractivity contribution in [2.75, 3.05) is 40.6 Å². The van der Waals surface area contributed by atoms with Crippen LogP contribution in [0.3, 0.4) is 0 Å². The first-order chi connectivity index (χ1) is 17.2. The highest BCUT2D eigenvalue weighted by molar-refractivity contribution is 6.34. The Labute approximate surface area is 221 Å². The average molecular weight is 566 g/mol. The Hall–Kier alpha value is -2.19. The maximum absolute atomic E-state index is 12.0. The summed E-state index contributed by atoms with van der Waals surface area (Å²) < 4.78 is 30.6. The molecular formula is C21H23Cl3N4O8. The normalized spacial score (nSPS) is 16.1. The number of nitrogens with zero attached hydrogens (tertiary/aromatic N) is 4. The van der Waals surface area contributed by atoms with Crippen LogP contribution in [0, 0.1) is 13.8 Å². The number of rotatable bonds is 5. The molecule has 0 aliphatic carbocycles. The molecule has 2 aromatic heterocycles. The van der Waals surface area contributed by atoms with E-state index in [1.165, 1.54) is 0 Å². The van der Waals surface area contributed by atoms with Gasteiger partial charge >= 0.3 is 11.9 Å². The summed E-state index contributed by atoms with van der Waals surface area (Å²) in [5.41, 5.74) is 0.796. The Balaban J connectivity index is 0.000000221. The van der Waals surface area contributed by atoms with Crippen LogP contribution in [-0.2, 0) is 38.0 Å². The maximum Gasteiger partial charge on any atom is 0.326 e. The monoisotopic (exact) mass is 564 g/mol. The molecule has 2 aliphatic rings. The fourth-order valence-corrected chi connectivity index (χ4v) is 4.28. The van der Waals surface area contributed by atoms with Crippen molar-refractivity contribution in [3.63, 3.8) is 0 Å². The molecule has 0 saturated carbocycles. The van der Waals surface area contributed by atoms with E-state index in [0.29, 0.717) is 43.6 Å². The lowest BCUT2D eigenvalue weighted by Crippen LogP contribution is -2.28. The van der Waals surface area contributed by atoms with E-state index in [1.54, 1.807) is 13.8 Å². The van der Waals surface area contributed by atoms with Crippen LogP contribution in [0.1, 0.15) is 47.0 Å². The predicted octanol–water partition coefficient (Wildman–Crippen LogP) is 3.05. The fraction of sp³-hybridized carbons (Fsp3) is 0.524. The van der Waals surface area contributed by atoms with Gasteiger partial charge in [-0.25, -0.2) is 19.9 Å². The summed E-state index contributed by atoms with van der Waals surface area (Å²) in [6.07, 6.45) is -1.38. The van der Waals surface area contributed by atoms with E-state index in [-0.39, 0.29) is 26.7 Å². The summed E-state index contributed by atoms with van der Waals surface area (Å²) in [4.78, 5) is 40.1. The first-order valence-corrected chi connectivity index (χ1v) is 11.7. The molecule has 0 N–H and O–H groups in total. The van der Waals surface area contributed by atoms with E-state index in [2.05, 4.69) is 29.4 Å². The van der Waals surface area contributed by atoms with Crippen molar-refractivity contribution in [2.45, 2.75) is 32.3 Å². The third kappa shape index (κ3) is 6.57. The molecule has 2 aliphatic heterocycles. The van der Waals surface area contributed by atoms with Gasteiger partial charge in [-0.3, -0.25) is 9.59 Å². The second kappa shape index (κ2) is 12.9. The minimum atomic E-state index is -1.39.